The largest absolute Gasteiger partial charge is 0.449 e. The fraction of sp³-hybridized carbons (Fsp3) is 0.105. The van der Waals surface area contributed by atoms with Gasteiger partial charge in [-0.2, -0.15) is 5.26 Å². The number of anilines is 1. The number of amides is 1. The van der Waals surface area contributed by atoms with Crippen molar-refractivity contribution in [2.24, 2.45) is 0 Å². The summed E-state index contributed by atoms with van der Waals surface area (Å²) in [4.78, 5) is 23.9. The van der Waals surface area contributed by atoms with Gasteiger partial charge in [0.25, 0.3) is 5.91 Å². The molecule has 0 aliphatic heterocycles. The molecule has 0 saturated carbocycles. The van der Waals surface area contributed by atoms with Crippen molar-refractivity contribution in [1.29, 1.82) is 5.26 Å². The molecule has 0 aliphatic rings. The Bertz CT molecular complexity index is 887. The van der Waals surface area contributed by atoms with Crippen molar-refractivity contribution in [3.8, 4) is 6.07 Å². The number of nitrogens with one attached hydrogen (secondary N) is 1. The van der Waals surface area contributed by atoms with Gasteiger partial charge in [-0.05, 0) is 55.0 Å². The zero-order valence-corrected chi connectivity index (χ0v) is 15.2. The molecule has 2 aromatic rings. The van der Waals surface area contributed by atoms with Crippen LogP contribution in [0.25, 0.3) is 6.08 Å². The van der Waals surface area contributed by atoms with E-state index >= 15 is 0 Å². The van der Waals surface area contributed by atoms with E-state index in [0.717, 1.165) is 0 Å². The van der Waals surface area contributed by atoms with Crippen molar-refractivity contribution in [2.75, 3.05) is 5.32 Å². The Morgan fingerprint density at radius 1 is 1.19 bits per heavy atom. The van der Waals surface area contributed by atoms with Gasteiger partial charge >= 0.3 is 5.97 Å². The minimum atomic E-state index is -0.997. The van der Waals surface area contributed by atoms with Crippen molar-refractivity contribution in [3.05, 3.63) is 69.7 Å². The Morgan fingerprint density at radius 3 is 2.50 bits per heavy atom. The lowest BCUT2D eigenvalue weighted by Gasteiger charge is -2.12. The minimum Gasteiger partial charge on any atom is -0.449 e. The Kier molecular flexibility index (Phi) is 6.79. The second-order valence-corrected chi connectivity index (χ2v) is 6.10. The van der Waals surface area contributed by atoms with E-state index in [4.69, 9.17) is 33.2 Å². The molecular weight excluding hydrogens is 375 g/mol. The molecule has 1 atom stereocenters. The smallest absolute Gasteiger partial charge is 0.331 e. The first-order valence-electron chi connectivity index (χ1n) is 7.54. The van der Waals surface area contributed by atoms with Gasteiger partial charge in [0.2, 0.25) is 0 Å². The van der Waals surface area contributed by atoms with Gasteiger partial charge in [-0.3, -0.25) is 4.79 Å². The second kappa shape index (κ2) is 9.04. The summed E-state index contributed by atoms with van der Waals surface area (Å²) in [7, 11) is 0. The average Bonchev–Trinajstić information content (AvgIpc) is 2.61. The zero-order valence-electron chi connectivity index (χ0n) is 13.7. The number of carbonyl (C=O) groups is 2. The van der Waals surface area contributed by atoms with E-state index in [-0.39, 0.29) is 0 Å². The molecule has 0 bridgehead atoms. The van der Waals surface area contributed by atoms with E-state index < -0.39 is 18.0 Å². The monoisotopic (exact) mass is 388 g/mol. The van der Waals surface area contributed by atoms with Crippen molar-refractivity contribution in [3.63, 3.8) is 0 Å². The second-order valence-electron chi connectivity index (χ2n) is 5.26. The third-order valence-electron chi connectivity index (χ3n) is 3.31. The maximum atomic E-state index is 12.1. The predicted molar refractivity (Wildman–Crippen MR) is 101 cm³/mol. The number of nitriles is 1. The SMILES string of the molecule is C[C@@H](OC(=O)/C=C/c1ccc(Cl)cc1Cl)C(=O)Nc1ccc(C#N)cc1. The number of esters is 1. The fourth-order valence-electron chi connectivity index (χ4n) is 1.93. The summed E-state index contributed by atoms with van der Waals surface area (Å²) in [6.07, 6.45) is 1.66. The highest BCUT2D eigenvalue weighted by molar-refractivity contribution is 6.35. The van der Waals surface area contributed by atoms with Crippen LogP contribution in [0.2, 0.25) is 10.0 Å². The molecule has 2 aromatic carbocycles. The number of benzene rings is 2. The molecule has 0 unspecified atom stereocenters. The van der Waals surface area contributed by atoms with Gasteiger partial charge in [0.15, 0.2) is 6.10 Å². The normalized spacial score (nSPS) is 11.6. The Labute approximate surface area is 160 Å². The molecule has 26 heavy (non-hydrogen) atoms. The maximum Gasteiger partial charge on any atom is 0.331 e. The molecule has 0 heterocycles. The predicted octanol–water partition coefficient (Wildman–Crippen LogP) is 4.45. The van der Waals surface area contributed by atoms with E-state index in [9.17, 15) is 9.59 Å². The molecular formula is C19H14Cl2N2O3. The van der Waals surface area contributed by atoms with E-state index in [1.54, 1.807) is 42.5 Å². The van der Waals surface area contributed by atoms with E-state index in [2.05, 4.69) is 5.32 Å². The van der Waals surface area contributed by atoms with Gasteiger partial charge < -0.3 is 10.1 Å². The molecule has 1 amide bonds. The van der Waals surface area contributed by atoms with Crippen LogP contribution < -0.4 is 5.32 Å². The molecule has 1 N–H and O–H groups in total. The number of halogens is 2. The van der Waals surface area contributed by atoms with Crippen molar-refractivity contribution >= 4 is 46.8 Å². The Morgan fingerprint density at radius 2 is 1.88 bits per heavy atom. The third-order valence-corrected chi connectivity index (χ3v) is 3.87. The minimum absolute atomic E-state index is 0.396. The standard InChI is InChI=1S/C19H14Cl2N2O3/c1-12(19(25)23-16-7-2-13(11-22)3-8-16)26-18(24)9-5-14-4-6-15(20)10-17(14)21/h2-10,12H,1H3,(H,23,25)/b9-5+/t12-/m1/s1. The molecule has 0 aliphatic carbocycles. The van der Waals surface area contributed by atoms with Crippen molar-refractivity contribution in [2.45, 2.75) is 13.0 Å². The summed E-state index contributed by atoms with van der Waals surface area (Å²) in [5.41, 5.74) is 1.58. The quantitative estimate of drug-likeness (QED) is 0.605. The van der Waals surface area contributed by atoms with E-state index in [1.807, 2.05) is 6.07 Å². The van der Waals surface area contributed by atoms with Gasteiger partial charge in [-0.15, -0.1) is 0 Å². The van der Waals surface area contributed by atoms with Crippen LogP contribution in [0.5, 0.6) is 0 Å². The first kappa shape index (κ1) is 19.5. The zero-order chi connectivity index (χ0) is 19.1. The summed E-state index contributed by atoms with van der Waals surface area (Å²) < 4.78 is 5.06. The van der Waals surface area contributed by atoms with Gasteiger partial charge in [0, 0.05) is 21.8 Å². The van der Waals surface area contributed by atoms with Crippen LogP contribution in [0, 0.1) is 11.3 Å². The maximum absolute atomic E-state index is 12.1. The first-order chi connectivity index (χ1) is 12.4. The molecule has 0 spiro atoms. The summed E-state index contributed by atoms with van der Waals surface area (Å²) in [6.45, 7) is 1.46. The highest BCUT2D eigenvalue weighted by atomic mass is 35.5. The Hall–Kier alpha value is -2.81. The fourth-order valence-corrected chi connectivity index (χ4v) is 2.40. The molecule has 2 rings (SSSR count). The van der Waals surface area contributed by atoms with Crippen molar-refractivity contribution in [1.82, 2.24) is 0 Å². The molecule has 0 aromatic heterocycles. The molecule has 5 nitrogen and oxygen atoms in total. The topological polar surface area (TPSA) is 79.2 Å². The third kappa shape index (κ3) is 5.62. The molecule has 132 valence electrons. The summed E-state index contributed by atoms with van der Waals surface area (Å²) in [5, 5.41) is 12.2. The molecule has 0 saturated heterocycles. The average molecular weight is 389 g/mol. The van der Waals surface area contributed by atoms with Gasteiger partial charge in [0.1, 0.15) is 0 Å². The molecule has 0 radical (unpaired) electrons. The number of rotatable bonds is 5. The lowest BCUT2D eigenvalue weighted by Crippen LogP contribution is -2.29. The number of carbonyl (C=O) groups excluding carboxylic acids is 2. The number of nitrogens with zero attached hydrogens (tertiary/aromatic N) is 1. The Balaban J connectivity index is 1.91. The van der Waals surface area contributed by atoms with E-state index in [1.165, 1.54) is 19.1 Å². The summed E-state index contributed by atoms with van der Waals surface area (Å²) in [5.74, 6) is -1.17. The van der Waals surface area contributed by atoms with Crippen LogP contribution in [0.3, 0.4) is 0 Å². The van der Waals surface area contributed by atoms with Crippen LogP contribution in [0.1, 0.15) is 18.1 Å². The molecule has 0 fully saturated rings. The molecule has 7 heteroatoms. The van der Waals surface area contributed by atoms with Gasteiger partial charge in [0.05, 0.1) is 11.6 Å². The van der Waals surface area contributed by atoms with Crippen LogP contribution >= 0.6 is 23.2 Å². The number of hydrogen-bond acceptors (Lipinski definition) is 4. The van der Waals surface area contributed by atoms with E-state index in [0.29, 0.717) is 26.9 Å². The van der Waals surface area contributed by atoms with Crippen molar-refractivity contribution < 1.29 is 14.3 Å². The van der Waals surface area contributed by atoms with Crippen LogP contribution in [0.15, 0.2) is 48.5 Å². The first-order valence-corrected chi connectivity index (χ1v) is 8.29. The van der Waals surface area contributed by atoms with Crippen LogP contribution in [-0.4, -0.2) is 18.0 Å². The lowest BCUT2D eigenvalue weighted by molar-refractivity contribution is -0.148. The summed E-state index contributed by atoms with van der Waals surface area (Å²) >= 11 is 11.8. The van der Waals surface area contributed by atoms with Crippen LogP contribution in [-0.2, 0) is 14.3 Å². The van der Waals surface area contributed by atoms with Crippen LogP contribution in [0.4, 0.5) is 5.69 Å². The lowest BCUT2D eigenvalue weighted by atomic mass is 10.2. The van der Waals surface area contributed by atoms with Gasteiger partial charge in [-0.1, -0.05) is 29.3 Å². The highest BCUT2D eigenvalue weighted by Gasteiger charge is 2.16. The van der Waals surface area contributed by atoms with Gasteiger partial charge in [-0.25, -0.2) is 4.79 Å². The highest BCUT2D eigenvalue weighted by Crippen LogP contribution is 2.22. The summed E-state index contributed by atoms with van der Waals surface area (Å²) in [6, 6.07) is 13.2. The number of ether oxygens (including phenoxy) is 1. The number of hydrogen-bond donors (Lipinski definition) is 1.